The van der Waals surface area contributed by atoms with Gasteiger partial charge in [0.1, 0.15) is 0 Å². The normalized spacial score (nSPS) is 5.29. The van der Waals surface area contributed by atoms with Crippen molar-refractivity contribution >= 4 is 77.7 Å². The molecule has 7 heavy (non-hydrogen) atoms. The first kappa shape index (κ1) is 15.9. The maximum Gasteiger partial charge on any atom is 0.313 e. The Morgan fingerprint density at radius 2 is 1.71 bits per heavy atom. The van der Waals surface area contributed by atoms with Crippen LogP contribution in [0.2, 0.25) is 0 Å². The van der Waals surface area contributed by atoms with Gasteiger partial charge in [-0.2, -0.15) is 12.6 Å². The molecule has 32 valence electrons. The Morgan fingerprint density at radius 1 is 1.57 bits per heavy atom. The van der Waals surface area contributed by atoms with Crippen molar-refractivity contribution in [1.29, 1.82) is 0 Å². The molecule has 0 rings (SSSR count). The summed E-state index contributed by atoms with van der Waals surface area (Å²) in [5.41, 5.74) is 0. The van der Waals surface area contributed by atoms with Gasteiger partial charge in [0.25, 0.3) is 0 Å². The molecule has 0 saturated carbocycles. The summed E-state index contributed by atoms with van der Waals surface area (Å²) in [6, 6.07) is 0. The standard InChI is InChI=1S/C2H4O2S.2Na/c3-2(4)1-5;;/h5H,1H2,(H,3,4);;. The Balaban J connectivity index is -0.0000000800. The molecule has 5 heteroatoms. The molecule has 0 aliphatic rings. The van der Waals surface area contributed by atoms with Gasteiger partial charge in [0.15, 0.2) is 0 Å². The fourth-order valence-corrected chi connectivity index (χ4v) is 0. The van der Waals surface area contributed by atoms with Crippen molar-refractivity contribution in [2.24, 2.45) is 0 Å². The van der Waals surface area contributed by atoms with Crippen LogP contribution in [0.25, 0.3) is 0 Å². The van der Waals surface area contributed by atoms with Crippen molar-refractivity contribution in [3.63, 3.8) is 0 Å². The number of aliphatic carboxylic acids is 1. The fourth-order valence-electron chi connectivity index (χ4n) is 0. The summed E-state index contributed by atoms with van der Waals surface area (Å²) >= 11 is 3.42. The van der Waals surface area contributed by atoms with Gasteiger partial charge in [0.2, 0.25) is 0 Å². The Kier molecular flexibility index (Phi) is 24.4. The van der Waals surface area contributed by atoms with E-state index in [4.69, 9.17) is 5.11 Å². The first-order valence-corrected chi connectivity index (χ1v) is 1.73. The van der Waals surface area contributed by atoms with Crippen LogP contribution in [0.5, 0.6) is 0 Å². The third-order valence-corrected chi connectivity index (χ3v) is 0.406. The second kappa shape index (κ2) is 10.7. The first-order valence-electron chi connectivity index (χ1n) is 1.10. The molecule has 0 heterocycles. The van der Waals surface area contributed by atoms with E-state index >= 15 is 0 Å². The van der Waals surface area contributed by atoms with Crippen molar-refractivity contribution in [2.45, 2.75) is 0 Å². The molecule has 0 unspecified atom stereocenters. The quantitative estimate of drug-likeness (QED) is 0.369. The van der Waals surface area contributed by atoms with Crippen molar-refractivity contribution in [3.05, 3.63) is 0 Å². The van der Waals surface area contributed by atoms with Crippen LogP contribution in [0.15, 0.2) is 0 Å². The summed E-state index contributed by atoms with van der Waals surface area (Å²) in [4.78, 5) is 9.29. The van der Waals surface area contributed by atoms with E-state index in [2.05, 4.69) is 12.6 Å². The molecule has 0 amide bonds. The van der Waals surface area contributed by atoms with E-state index in [9.17, 15) is 4.79 Å². The Hall–Kier alpha value is 1.82. The van der Waals surface area contributed by atoms with Crippen molar-refractivity contribution < 1.29 is 9.90 Å². The number of thiol groups is 1. The SMILES string of the molecule is O=C(O)CS.[Na].[Na]. The van der Waals surface area contributed by atoms with Gasteiger partial charge in [-0.3, -0.25) is 4.79 Å². The topological polar surface area (TPSA) is 37.3 Å². The van der Waals surface area contributed by atoms with E-state index < -0.39 is 5.97 Å². The van der Waals surface area contributed by atoms with Crippen LogP contribution in [0.1, 0.15) is 0 Å². The van der Waals surface area contributed by atoms with E-state index in [1.807, 2.05) is 0 Å². The molecule has 2 radical (unpaired) electrons. The van der Waals surface area contributed by atoms with Gasteiger partial charge in [-0.1, -0.05) is 0 Å². The van der Waals surface area contributed by atoms with Gasteiger partial charge in [0.05, 0.1) is 5.75 Å². The molecular formula is C2H4Na2O2S. The average molecular weight is 138 g/mol. The van der Waals surface area contributed by atoms with Crippen LogP contribution >= 0.6 is 12.6 Å². The predicted octanol–water partition coefficient (Wildman–Crippen LogP) is -0.761. The number of carbonyl (C=O) groups is 1. The number of carboxylic acid groups (broad SMARTS) is 1. The molecule has 0 aromatic rings. The molecule has 2 nitrogen and oxygen atoms in total. The third-order valence-electron chi connectivity index (χ3n) is 0.135. The van der Waals surface area contributed by atoms with E-state index in [0.717, 1.165) is 0 Å². The molecule has 0 aromatic heterocycles. The molecule has 0 bridgehead atoms. The second-order valence-corrected chi connectivity index (χ2v) is 0.868. The largest absolute Gasteiger partial charge is 0.481 e. The summed E-state index contributed by atoms with van der Waals surface area (Å²) in [6.07, 6.45) is 0. The zero-order chi connectivity index (χ0) is 4.28. The molecule has 0 aliphatic heterocycles. The fraction of sp³-hybridized carbons (Fsp3) is 0.500. The maximum atomic E-state index is 9.29. The van der Waals surface area contributed by atoms with Gasteiger partial charge in [-0.05, 0) is 0 Å². The van der Waals surface area contributed by atoms with Crippen LogP contribution in [0.3, 0.4) is 0 Å². The smallest absolute Gasteiger partial charge is 0.313 e. The van der Waals surface area contributed by atoms with Crippen LogP contribution in [0.4, 0.5) is 0 Å². The number of rotatable bonds is 1. The van der Waals surface area contributed by atoms with Crippen LogP contribution in [-0.2, 0) is 4.79 Å². The van der Waals surface area contributed by atoms with Gasteiger partial charge in [-0.25, -0.2) is 0 Å². The molecular weight excluding hydrogens is 134 g/mol. The van der Waals surface area contributed by atoms with Crippen molar-refractivity contribution in [1.82, 2.24) is 0 Å². The number of hydrogen-bond acceptors (Lipinski definition) is 2. The van der Waals surface area contributed by atoms with Crippen molar-refractivity contribution in [2.75, 3.05) is 5.75 Å². The molecule has 1 N–H and O–H groups in total. The zero-order valence-electron chi connectivity index (χ0n) is 4.51. The maximum absolute atomic E-state index is 9.29. The average Bonchev–Trinajstić information content (AvgIpc) is 1.38. The third kappa shape index (κ3) is 18.2. The van der Waals surface area contributed by atoms with Gasteiger partial charge >= 0.3 is 5.97 Å². The molecule has 0 fully saturated rings. The Morgan fingerprint density at radius 3 is 1.71 bits per heavy atom. The second-order valence-electron chi connectivity index (χ2n) is 0.552. The Labute approximate surface area is 92.0 Å². The number of hydrogen-bond donors (Lipinski definition) is 2. The zero-order valence-corrected chi connectivity index (χ0v) is 9.40. The van der Waals surface area contributed by atoms with Crippen molar-refractivity contribution in [3.8, 4) is 0 Å². The monoisotopic (exact) mass is 138 g/mol. The van der Waals surface area contributed by atoms with E-state index in [1.165, 1.54) is 0 Å². The van der Waals surface area contributed by atoms with Crippen LogP contribution < -0.4 is 0 Å². The first-order chi connectivity index (χ1) is 2.27. The molecule has 0 aliphatic carbocycles. The molecule has 0 aromatic carbocycles. The minimum atomic E-state index is -0.881. The summed E-state index contributed by atoms with van der Waals surface area (Å²) in [5.74, 6) is -0.965. The Bertz CT molecular complexity index is 49.0. The molecule has 0 spiro atoms. The van der Waals surface area contributed by atoms with Crippen LogP contribution in [-0.4, -0.2) is 75.9 Å². The number of carboxylic acids is 1. The van der Waals surface area contributed by atoms with E-state index in [0.29, 0.717) is 0 Å². The summed E-state index contributed by atoms with van der Waals surface area (Å²) in [5, 5.41) is 7.65. The molecule has 0 saturated heterocycles. The van der Waals surface area contributed by atoms with Gasteiger partial charge in [0, 0.05) is 59.1 Å². The van der Waals surface area contributed by atoms with Crippen LogP contribution in [0, 0.1) is 0 Å². The van der Waals surface area contributed by atoms with Gasteiger partial charge < -0.3 is 5.11 Å². The summed E-state index contributed by atoms with van der Waals surface area (Å²) in [6.45, 7) is 0. The summed E-state index contributed by atoms with van der Waals surface area (Å²) < 4.78 is 0. The minimum absolute atomic E-state index is 0. The van der Waals surface area contributed by atoms with E-state index in [1.54, 1.807) is 0 Å². The summed E-state index contributed by atoms with van der Waals surface area (Å²) in [7, 11) is 0. The minimum Gasteiger partial charge on any atom is -0.481 e. The predicted molar refractivity (Wildman–Crippen MR) is 33.0 cm³/mol. The molecule has 0 atom stereocenters. The van der Waals surface area contributed by atoms with E-state index in [-0.39, 0.29) is 64.9 Å². The van der Waals surface area contributed by atoms with Gasteiger partial charge in [-0.15, -0.1) is 0 Å².